The molecule has 18 atom stereocenters. The summed E-state index contributed by atoms with van der Waals surface area (Å²) >= 11 is 0. The van der Waals surface area contributed by atoms with Crippen molar-refractivity contribution < 1.29 is 28.7 Å². The Hall–Kier alpha value is -5.72. The van der Waals surface area contributed by atoms with Crippen LogP contribution >= 0.6 is 0 Å². The first-order valence-electron chi connectivity index (χ1n) is 35.2. The lowest BCUT2D eigenvalue weighted by Gasteiger charge is -2.61. The lowest BCUT2D eigenvalue weighted by molar-refractivity contribution is -0.164. The zero-order valence-electron chi connectivity index (χ0n) is 54.8. The minimum absolute atomic E-state index is 0.00351. The van der Waals surface area contributed by atoms with E-state index in [9.17, 15) is 19.2 Å². The number of carbonyl (C=O) groups is 4. The van der Waals surface area contributed by atoms with Gasteiger partial charge in [0.1, 0.15) is 36.7 Å². The monoisotopic (exact) mass is 1230 g/mol. The summed E-state index contributed by atoms with van der Waals surface area (Å²) in [6.07, 6.45) is 27.6. The zero-order valence-corrected chi connectivity index (χ0v) is 54.8. The Labute approximate surface area is 532 Å². The van der Waals surface area contributed by atoms with Crippen LogP contribution in [0, 0.1) is 92.7 Å². The molecule has 18 nitrogen and oxygen atoms in total. The standard InChI is InChI=1S/C72H104N12O6/c1-43(7-21-65(85)76-41-74)55-17-19-57-53-15-11-47-35-49(23-27-69(47,3)59(53)25-29-71(55,57)5)89-67(87)39-82-37-61(78-80-82)45-9-13-51-52-14-10-46(34-64(52)84(32-31-73)63(51)33-45)62-38-83(81-79-62)40-68(88)90-50-24-28-70(4)48(36-50)12-16-54-58-20-18-56(72(58,6)30-26-60(54)70)44(2)8-22-66(86)77-42-75/h9-10,13-14,33-34,37-38,43-44,47-50,53-60H,7-8,11-12,15-32,35-36,39-42,73-75H2,1-6H3,(H,76,85)(H,77,86)/t43-,44-,47-,48-,49-,50-,53+,54+,55?,56?,57+,58+,59?,60?,69?,70?,71?,72?/m1/s1. The molecule has 8 aliphatic carbocycles. The fourth-order valence-electron chi connectivity index (χ4n) is 22.6. The van der Waals surface area contributed by atoms with E-state index in [1.54, 1.807) is 9.36 Å². The molecule has 488 valence electrons. The average Bonchev–Trinajstić information content (AvgIpc) is 1.34. The third-order valence-electron chi connectivity index (χ3n) is 27.1. The molecule has 2 aromatic carbocycles. The minimum atomic E-state index is -0.269. The van der Waals surface area contributed by atoms with Crippen LogP contribution in [-0.4, -0.2) is 90.4 Å². The van der Waals surface area contributed by atoms with Gasteiger partial charge in [-0.15, -0.1) is 10.2 Å². The van der Waals surface area contributed by atoms with Gasteiger partial charge in [0, 0.05) is 58.9 Å². The summed E-state index contributed by atoms with van der Waals surface area (Å²) < 4.78 is 18.0. The quantitative estimate of drug-likeness (QED) is 0.0359. The molecule has 8 aliphatic rings. The fraction of sp³-hybridized carbons (Fsp3) is 0.722. The molecule has 0 bridgehead atoms. The second-order valence-electron chi connectivity index (χ2n) is 31.2. The summed E-state index contributed by atoms with van der Waals surface area (Å²) in [6.45, 7) is 16.5. The van der Waals surface area contributed by atoms with Crippen LogP contribution in [0.5, 0.6) is 0 Å². The van der Waals surface area contributed by atoms with Crippen LogP contribution in [0.1, 0.15) is 183 Å². The Kier molecular flexibility index (Phi) is 17.7. The van der Waals surface area contributed by atoms with Gasteiger partial charge in [-0.2, -0.15) is 0 Å². The van der Waals surface area contributed by atoms with E-state index in [-0.39, 0.29) is 73.2 Å². The van der Waals surface area contributed by atoms with Gasteiger partial charge in [0.2, 0.25) is 11.8 Å². The van der Waals surface area contributed by atoms with Gasteiger partial charge < -0.3 is 41.9 Å². The maximum Gasteiger partial charge on any atom is 0.328 e. The molecule has 3 aromatic heterocycles. The maximum absolute atomic E-state index is 13.7. The number of esters is 2. The molecule has 0 spiro atoms. The van der Waals surface area contributed by atoms with Gasteiger partial charge in [-0.3, -0.25) is 19.2 Å². The van der Waals surface area contributed by atoms with Crippen molar-refractivity contribution in [3.8, 4) is 22.5 Å². The van der Waals surface area contributed by atoms with Crippen molar-refractivity contribution in [1.29, 1.82) is 0 Å². The third kappa shape index (κ3) is 11.5. The number of hydrogen-bond donors (Lipinski definition) is 5. The molecule has 5 aromatic rings. The molecule has 8 unspecified atom stereocenters. The second kappa shape index (κ2) is 25.3. The molecule has 90 heavy (non-hydrogen) atoms. The van der Waals surface area contributed by atoms with Crippen molar-refractivity contribution in [2.75, 3.05) is 19.9 Å². The Morgan fingerprint density at radius 2 is 0.978 bits per heavy atom. The molecule has 8 saturated carbocycles. The Balaban J connectivity index is 0.597. The topological polar surface area (TPSA) is 255 Å². The maximum atomic E-state index is 13.7. The first kappa shape index (κ1) is 63.1. The van der Waals surface area contributed by atoms with Crippen LogP contribution in [-0.2, 0) is 48.3 Å². The summed E-state index contributed by atoms with van der Waals surface area (Å²) in [5.41, 5.74) is 23.8. The van der Waals surface area contributed by atoms with Gasteiger partial charge in [0.05, 0.1) is 25.7 Å². The van der Waals surface area contributed by atoms with Crippen LogP contribution in [0.3, 0.4) is 0 Å². The zero-order chi connectivity index (χ0) is 62.9. The smallest absolute Gasteiger partial charge is 0.328 e. The number of benzene rings is 2. The lowest BCUT2D eigenvalue weighted by Crippen LogP contribution is -2.54. The lowest BCUT2D eigenvalue weighted by atomic mass is 9.44. The molecular weight excluding hydrogens is 1130 g/mol. The predicted molar refractivity (Wildman–Crippen MR) is 348 cm³/mol. The van der Waals surface area contributed by atoms with Gasteiger partial charge in [0.15, 0.2) is 0 Å². The minimum Gasteiger partial charge on any atom is -0.461 e. The first-order valence-corrected chi connectivity index (χ1v) is 35.2. The molecule has 2 amide bonds. The number of carbonyl (C=O) groups excluding carboxylic acids is 4. The molecule has 3 heterocycles. The molecule has 18 heteroatoms. The SMILES string of the molecule is C[C@H](CCC(=O)NCN)C1CC[C@H]2[C@@H]3CC[C@@H]4C[C@H](OC(=O)Cn5cc(-c6ccc7c8ccc(-c9cn(CC(=O)O[C@@H]%10CCC%11(C)C%12CCC%13(C)C([C@H](C)CCC(=O)NCN)CC[C@H]%13[C@@H]%12CC[C@@H]%11C%10)nn9)cc8n(CCN)c7c6)nn5)CCC4(C)C3CCC12C. The molecule has 0 aliphatic heterocycles. The highest BCUT2D eigenvalue weighted by atomic mass is 16.5. The van der Waals surface area contributed by atoms with E-state index in [1.165, 1.54) is 77.0 Å². The largest absolute Gasteiger partial charge is 0.461 e. The van der Waals surface area contributed by atoms with E-state index in [1.807, 2.05) is 12.4 Å². The number of ether oxygens (including phenoxy) is 2. The Morgan fingerprint density at radius 3 is 1.40 bits per heavy atom. The van der Waals surface area contributed by atoms with Crippen LogP contribution in [0.2, 0.25) is 0 Å². The Bertz CT molecular complexity index is 3230. The van der Waals surface area contributed by atoms with Crippen molar-refractivity contribution >= 4 is 45.6 Å². The number of amides is 2. The highest BCUT2D eigenvalue weighted by Crippen LogP contribution is 2.70. The predicted octanol–water partition coefficient (Wildman–Crippen LogP) is 11.3. The summed E-state index contributed by atoms with van der Waals surface area (Å²) in [7, 11) is 0. The average molecular weight is 1230 g/mol. The highest BCUT2D eigenvalue weighted by Gasteiger charge is 2.63. The van der Waals surface area contributed by atoms with E-state index < -0.39 is 0 Å². The molecule has 8 N–H and O–H groups in total. The number of nitrogens with zero attached hydrogens (tertiary/aromatic N) is 7. The third-order valence-corrected chi connectivity index (χ3v) is 27.1. The van der Waals surface area contributed by atoms with Crippen molar-refractivity contribution in [2.45, 2.75) is 215 Å². The van der Waals surface area contributed by atoms with Crippen LogP contribution < -0.4 is 27.8 Å². The van der Waals surface area contributed by atoms with Gasteiger partial charge in [-0.1, -0.05) is 76.2 Å². The van der Waals surface area contributed by atoms with E-state index in [2.05, 4.69) is 114 Å². The molecule has 13 rings (SSSR count). The van der Waals surface area contributed by atoms with E-state index in [0.29, 0.717) is 83.7 Å². The number of nitrogens with one attached hydrogen (secondary N) is 2. The number of fused-ring (bicyclic) bond motifs is 13. The molecule has 0 saturated heterocycles. The fourth-order valence-corrected chi connectivity index (χ4v) is 22.6. The van der Waals surface area contributed by atoms with Crippen LogP contribution in [0.4, 0.5) is 0 Å². The number of aromatic nitrogens is 7. The van der Waals surface area contributed by atoms with E-state index in [0.717, 1.165) is 120 Å². The highest BCUT2D eigenvalue weighted by molar-refractivity contribution is 6.10. The summed E-state index contributed by atoms with van der Waals surface area (Å²) in [5.74, 6) is 7.55. The number of rotatable bonds is 20. The normalized spacial score (nSPS) is 35.1. The molecule has 0 radical (unpaired) electrons. The van der Waals surface area contributed by atoms with Gasteiger partial charge in [-0.25, -0.2) is 9.36 Å². The number of nitrogens with two attached hydrogens (primary N) is 3. The van der Waals surface area contributed by atoms with E-state index >= 15 is 0 Å². The van der Waals surface area contributed by atoms with Crippen molar-refractivity contribution in [3.05, 3.63) is 48.8 Å². The van der Waals surface area contributed by atoms with Crippen molar-refractivity contribution in [2.24, 2.45) is 110 Å². The van der Waals surface area contributed by atoms with Crippen LogP contribution in [0.15, 0.2) is 48.8 Å². The van der Waals surface area contributed by atoms with Crippen molar-refractivity contribution in [3.63, 3.8) is 0 Å². The van der Waals surface area contributed by atoms with Gasteiger partial charge >= 0.3 is 11.9 Å². The summed E-state index contributed by atoms with van der Waals surface area (Å²) in [4.78, 5) is 51.9. The molecule has 8 fully saturated rings. The van der Waals surface area contributed by atoms with Gasteiger partial charge in [0.25, 0.3) is 0 Å². The van der Waals surface area contributed by atoms with Crippen molar-refractivity contribution in [1.82, 2.24) is 45.2 Å². The van der Waals surface area contributed by atoms with E-state index in [4.69, 9.17) is 26.7 Å². The Morgan fingerprint density at radius 1 is 0.556 bits per heavy atom. The van der Waals surface area contributed by atoms with Gasteiger partial charge in [-0.05, 0) is 233 Å². The second-order valence-corrected chi connectivity index (χ2v) is 31.2. The van der Waals surface area contributed by atoms with Crippen LogP contribution in [0.25, 0.3) is 44.3 Å². The summed E-state index contributed by atoms with van der Waals surface area (Å²) in [6, 6.07) is 12.6. The first-order chi connectivity index (χ1) is 43.3. The molecular formula is C72H104N12O6. The summed E-state index contributed by atoms with van der Waals surface area (Å²) in [5, 5.41) is 25.7. The number of hydrogen-bond acceptors (Lipinski definition) is 13.